The molecule has 3 N–H and O–H groups in total. The van der Waals surface area contributed by atoms with Crippen LogP contribution >= 0.6 is 0 Å². The van der Waals surface area contributed by atoms with Crippen molar-refractivity contribution >= 4 is 18.0 Å². The Bertz CT molecular complexity index is 972. The molecule has 0 aliphatic rings. The van der Waals surface area contributed by atoms with Crippen LogP contribution in [-0.2, 0) is 32.1 Å². The summed E-state index contributed by atoms with van der Waals surface area (Å²) in [5.74, 6) is -0.422. The van der Waals surface area contributed by atoms with Gasteiger partial charge in [-0.1, -0.05) is 42.5 Å². The second kappa shape index (κ2) is 14.1. The van der Waals surface area contributed by atoms with Gasteiger partial charge in [-0.05, 0) is 57.4 Å². The lowest BCUT2D eigenvalue weighted by Crippen LogP contribution is -2.49. The summed E-state index contributed by atoms with van der Waals surface area (Å²) >= 11 is 0. The Balaban J connectivity index is 1.99. The maximum atomic E-state index is 12.5. The van der Waals surface area contributed by atoms with E-state index in [1.807, 2.05) is 42.5 Å². The van der Waals surface area contributed by atoms with Crippen LogP contribution in [0.4, 0.5) is 4.79 Å². The maximum absolute atomic E-state index is 12.5. The monoisotopic (exact) mass is 500 g/mol. The van der Waals surface area contributed by atoms with E-state index >= 15 is 0 Å². The molecule has 36 heavy (non-hydrogen) atoms. The molecule has 2 rings (SSSR count). The molecule has 0 saturated heterocycles. The van der Waals surface area contributed by atoms with E-state index in [0.29, 0.717) is 12.4 Å². The smallest absolute Gasteiger partial charge is 0.408 e. The molecule has 9 heteroatoms. The molecule has 2 amide bonds. The van der Waals surface area contributed by atoms with Crippen LogP contribution in [0.25, 0.3) is 0 Å². The Hall–Kier alpha value is -3.59. The van der Waals surface area contributed by atoms with Gasteiger partial charge in [0.05, 0.1) is 25.2 Å². The molecule has 0 heterocycles. The van der Waals surface area contributed by atoms with Gasteiger partial charge in [0.1, 0.15) is 24.5 Å². The second-order valence-corrected chi connectivity index (χ2v) is 9.23. The van der Waals surface area contributed by atoms with Crippen LogP contribution in [-0.4, -0.2) is 54.0 Å². The van der Waals surface area contributed by atoms with Crippen LogP contribution in [0.1, 0.15) is 45.2 Å². The fraction of sp³-hybridized carbons (Fsp3) is 0.444. The van der Waals surface area contributed by atoms with E-state index in [-0.39, 0.29) is 26.0 Å². The molecule has 0 spiro atoms. The minimum Gasteiger partial charge on any atom is -0.489 e. The van der Waals surface area contributed by atoms with Gasteiger partial charge < -0.3 is 30.0 Å². The average Bonchev–Trinajstić information content (AvgIpc) is 2.81. The predicted molar refractivity (Wildman–Crippen MR) is 134 cm³/mol. The van der Waals surface area contributed by atoms with E-state index in [1.54, 1.807) is 39.8 Å². The number of carbonyl (C=O) groups excluding carboxylic acids is 3. The molecule has 0 aliphatic heterocycles. The van der Waals surface area contributed by atoms with Gasteiger partial charge in [0.15, 0.2) is 0 Å². The first-order valence-electron chi connectivity index (χ1n) is 11.9. The lowest BCUT2D eigenvalue weighted by atomic mass is 9.99. The van der Waals surface area contributed by atoms with Gasteiger partial charge in [-0.15, -0.1) is 0 Å². The molecule has 0 aliphatic carbocycles. The SMILES string of the molecule is CCOC(=O)C[C@@H](O)[C@H](Cc1ccc(OCc2ccccc2)cc1)NC(=O)CNC(=O)OC(C)(C)C. The quantitative estimate of drug-likeness (QED) is 0.383. The van der Waals surface area contributed by atoms with E-state index in [1.165, 1.54) is 0 Å². The number of esters is 1. The molecule has 196 valence electrons. The molecule has 0 unspecified atom stereocenters. The van der Waals surface area contributed by atoms with E-state index in [2.05, 4.69) is 10.6 Å². The van der Waals surface area contributed by atoms with Gasteiger partial charge in [-0.3, -0.25) is 9.59 Å². The van der Waals surface area contributed by atoms with Crippen LogP contribution in [0, 0.1) is 0 Å². The average molecular weight is 501 g/mol. The van der Waals surface area contributed by atoms with Gasteiger partial charge >= 0.3 is 12.1 Å². The van der Waals surface area contributed by atoms with Gasteiger partial charge in [-0.2, -0.15) is 0 Å². The Morgan fingerprint density at radius 1 is 0.972 bits per heavy atom. The summed E-state index contributed by atoms with van der Waals surface area (Å²) in [6, 6.07) is 16.3. The van der Waals surface area contributed by atoms with Crippen LogP contribution in [0.15, 0.2) is 54.6 Å². The van der Waals surface area contributed by atoms with Gasteiger partial charge in [0.25, 0.3) is 0 Å². The van der Waals surface area contributed by atoms with Crippen molar-refractivity contribution in [3.8, 4) is 5.75 Å². The van der Waals surface area contributed by atoms with E-state index in [4.69, 9.17) is 14.2 Å². The zero-order valence-corrected chi connectivity index (χ0v) is 21.3. The number of rotatable bonds is 12. The summed E-state index contributed by atoms with van der Waals surface area (Å²) in [4.78, 5) is 36.2. The largest absolute Gasteiger partial charge is 0.489 e. The lowest BCUT2D eigenvalue weighted by Gasteiger charge is -2.24. The van der Waals surface area contributed by atoms with Crippen LogP contribution in [0.3, 0.4) is 0 Å². The van der Waals surface area contributed by atoms with Gasteiger partial charge in [0, 0.05) is 0 Å². The van der Waals surface area contributed by atoms with Crippen molar-refractivity contribution in [1.29, 1.82) is 0 Å². The first-order valence-corrected chi connectivity index (χ1v) is 11.9. The van der Waals surface area contributed by atoms with Crippen LogP contribution < -0.4 is 15.4 Å². The van der Waals surface area contributed by atoms with Crippen molar-refractivity contribution in [2.75, 3.05) is 13.2 Å². The molecule has 2 atom stereocenters. The Morgan fingerprint density at radius 2 is 1.64 bits per heavy atom. The number of benzene rings is 2. The molecule has 9 nitrogen and oxygen atoms in total. The third-order valence-corrected chi connectivity index (χ3v) is 4.91. The minimum atomic E-state index is -1.19. The third-order valence-electron chi connectivity index (χ3n) is 4.91. The highest BCUT2D eigenvalue weighted by Gasteiger charge is 2.25. The third kappa shape index (κ3) is 11.2. The van der Waals surface area contributed by atoms with Crippen molar-refractivity contribution in [2.24, 2.45) is 0 Å². The number of hydrogen-bond acceptors (Lipinski definition) is 7. The Kier molecular flexibility index (Phi) is 11.2. The fourth-order valence-electron chi connectivity index (χ4n) is 3.26. The molecule has 0 radical (unpaired) electrons. The number of alkyl carbamates (subject to hydrolysis) is 1. The molecular formula is C27H36N2O7. The number of amides is 2. The molecule has 2 aromatic carbocycles. The number of carbonyl (C=O) groups is 3. The van der Waals surface area contributed by atoms with Crippen LogP contribution in [0.2, 0.25) is 0 Å². The van der Waals surface area contributed by atoms with E-state index in [0.717, 1.165) is 11.1 Å². The summed E-state index contributed by atoms with van der Waals surface area (Å²) in [5.41, 5.74) is 1.16. The molecule has 0 fully saturated rings. The number of aliphatic hydroxyl groups excluding tert-OH is 1. The number of hydrogen-bond donors (Lipinski definition) is 3. The maximum Gasteiger partial charge on any atom is 0.408 e. The van der Waals surface area contributed by atoms with E-state index in [9.17, 15) is 19.5 Å². The number of nitrogens with one attached hydrogen (secondary N) is 2. The summed E-state index contributed by atoms with van der Waals surface area (Å²) < 4.78 is 15.8. The zero-order valence-electron chi connectivity index (χ0n) is 21.3. The molecule has 0 saturated carbocycles. The first kappa shape index (κ1) is 28.6. The molecule has 0 aromatic heterocycles. The normalized spacial score (nSPS) is 12.7. The summed E-state index contributed by atoms with van der Waals surface area (Å²) in [6.07, 6.45) is -1.95. The number of aliphatic hydroxyl groups is 1. The minimum absolute atomic E-state index is 0.187. The van der Waals surface area contributed by atoms with Gasteiger partial charge in [0.2, 0.25) is 5.91 Å². The van der Waals surface area contributed by atoms with Crippen molar-refractivity contribution in [3.63, 3.8) is 0 Å². The Morgan fingerprint density at radius 3 is 2.25 bits per heavy atom. The number of ether oxygens (including phenoxy) is 3. The first-order chi connectivity index (χ1) is 17.1. The van der Waals surface area contributed by atoms with Crippen molar-refractivity contribution in [2.45, 2.75) is 64.9 Å². The summed E-state index contributed by atoms with van der Waals surface area (Å²) in [6.45, 7) is 7.09. The van der Waals surface area contributed by atoms with E-state index < -0.39 is 35.7 Å². The van der Waals surface area contributed by atoms with Crippen molar-refractivity contribution < 1.29 is 33.7 Å². The lowest BCUT2D eigenvalue weighted by molar-refractivity contribution is -0.146. The van der Waals surface area contributed by atoms with Crippen LogP contribution in [0.5, 0.6) is 5.75 Å². The molecule has 0 bridgehead atoms. The van der Waals surface area contributed by atoms with Gasteiger partial charge in [-0.25, -0.2) is 4.79 Å². The Labute approximate surface area is 212 Å². The predicted octanol–water partition coefficient (Wildman–Crippen LogP) is 3.13. The highest BCUT2D eigenvalue weighted by molar-refractivity contribution is 5.82. The standard InChI is InChI=1S/C27H36N2O7/c1-5-34-25(32)16-23(30)22(29-24(31)17-28-26(33)36-27(2,3)4)15-19-11-13-21(14-12-19)35-18-20-9-7-6-8-10-20/h6-14,22-23,30H,5,15-18H2,1-4H3,(H,28,33)(H,29,31)/t22-,23+/m0/s1. The topological polar surface area (TPSA) is 123 Å². The van der Waals surface area contributed by atoms with Crippen molar-refractivity contribution in [3.05, 3.63) is 65.7 Å². The fourth-order valence-corrected chi connectivity index (χ4v) is 3.26. The second-order valence-electron chi connectivity index (χ2n) is 9.23. The zero-order chi connectivity index (χ0) is 26.6. The summed E-state index contributed by atoms with van der Waals surface area (Å²) in [5, 5.41) is 15.7. The van der Waals surface area contributed by atoms with Crippen molar-refractivity contribution in [1.82, 2.24) is 10.6 Å². The molecule has 2 aromatic rings. The highest BCUT2D eigenvalue weighted by atomic mass is 16.6. The summed E-state index contributed by atoms with van der Waals surface area (Å²) in [7, 11) is 0. The molecular weight excluding hydrogens is 464 g/mol. The highest BCUT2D eigenvalue weighted by Crippen LogP contribution is 2.17.